The van der Waals surface area contributed by atoms with Gasteiger partial charge in [-0.05, 0) is 68.1 Å². The van der Waals surface area contributed by atoms with Crippen LogP contribution < -0.4 is 10.2 Å². The first-order valence-electron chi connectivity index (χ1n) is 9.44. The van der Waals surface area contributed by atoms with E-state index in [1.165, 1.54) is 25.3 Å². The number of benzene rings is 2. The van der Waals surface area contributed by atoms with Gasteiger partial charge in [-0.1, -0.05) is 6.07 Å². The van der Waals surface area contributed by atoms with Gasteiger partial charge < -0.3 is 10.2 Å². The minimum atomic E-state index is -0.887. The highest BCUT2D eigenvalue weighted by Gasteiger charge is 2.18. The zero-order valence-electron chi connectivity index (χ0n) is 15.6. The molecule has 144 valence electrons. The van der Waals surface area contributed by atoms with E-state index in [1.54, 1.807) is 12.1 Å². The molecule has 0 saturated carbocycles. The minimum Gasteiger partial charge on any atom is -0.357 e. The van der Waals surface area contributed by atoms with Gasteiger partial charge in [0.25, 0.3) is 5.91 Å². The van der Waals surface area contributed by atoms with Gasteiger partial charge in [0.15, 0.2) is 0 Å². The highest BCUT2D eigenvalue weighted by Crippen LogP contribution is 2.27. The van der Waals surface area contributed by atoms with Crippen LogP contribution >= 0.6 is 0 Å². The lowest BCUT2D eigenvalue weighted by Gasteiger charge is -2.28. The molecular weight excluding hydrogens is 360 g/mol. The molecule has 28 heavy (non-hydrogen) atoms. The summed E-state index contributed by atoms with van der Waals surface area (Å²) in [4.78, 5) is 19.4. The Bertz CT molecular complexity index is 1030. The summed E-state index contributed by atoms with van der Waals surface area (Å²) in [6, 6.07) is 10.7. The van der Waals surface area contributed by atoms with E-state index in [1.807, 2.05) is 13.0 Å². The third kappa shape index (κ3) is 3.54. The minimum absolute atomic E-state index is 0.468. The molecule has 1 saturated heterocycles. The van der Waals surface area contributed by atoms with Crippen LogP contribution in [0.5, 0.6) is 0 Å². The fourth-order valence-electron chi connectivity index (χ4n) is 3.65. The van der Waals surface area contributed by atoms with Crippen molar-refractivity contribution in [3.05, 3.63) is 65.2 Å². The number of fused-ring (bicyclic) bond motifs is 1. The Balaban J connectivity index is 1.63. The number of pyridine rings is 1. The number of aromatic nitrogens is 1. The van der Waals surface area contributed by atoms with E-state index in [-0.39, 0.29) is 0 Å². The van der Waals surface area contributed by atoms with Crippen LogP contribution in [-0.2, 0) is 0 Å². The van der Waals surface area contributed by atoms with Gasteiger partial charge in [0, 0.05) is 24.2 Å². The van der Waals surface area contributed by atoms with E-state index in [0.29, 0.717) is 5.69 Å². The fourth-order valence-corrected chi connectivity index (χ4v) is 3.65. The lowest BCUT2D eigenvalue weighted by molar-refractivity contribution is 0.101. The van der Waals surface area contributed by atoms with Crippen molar-refractivity contribution in [1.82, 2.24) is 4.98 Å². The van der Waals surface area contributed by atoms with Crippen molar-refractivity contribution in [3.63, 3.8) is 0 Å². The molecule has 0 bridgehead atoms. The summed E-state index contributed by atoms with van der Waals surface area (Å²) in [5.41, 5.74) is 1.75. The van der Waals surface area contributed by atoms with Crippen LogP contribution in [0.3, 0.4) is 0 Å². The summed E-state index contributed by atoms with van der Waals surface area (Å²) in [5, 5.41) is 3.48. The smallest absolute Gasteiger partial charge is 0.261 e. The second-order valence-electron chi connectivity index (χ2n) is 7.13. The number of piperidine rings is 1. The number of hydrogen-bond donors (Lipinski definition) is 1. The standard InChI is InChI=1S/C22H21F2N3O/c1-14-12-20(27-10-3-2-4-11-27)26-19-9-8-15(13-16(14)19)25-22(28)21-17(23)6-5-7-18(21)24/h5-9,12-13H,2-4,10-11H2,1H3,(H,25,28). The second-order valence-corrected chi connectivity index (χ2v) is 7.13. The van der Waals surface area contributed by atoms with E-state index in [9.17, 15) is 13.6 Å². The zero-order valence-corrected chi connectivity index (χ0v) is 15.6. The molecule has 6 heteroatoms. The van der Waals surface area contributed by atoms with Crippen molar-refractivity contribution in [2.45, 2.75) is 26.2 Å². The average molecular weight is 381 g/mol. The number of anilines is 2. The monoisotopic (exact) mass is 381 g/mol. The molecule has 1 N–H and O–H groups in total. The van der Waals surface area contributed by atoms with Crippen molar-refractivity contribution in [1.29, 1.82) is 0 Å². The SMILES string of the molecule is Cc1cc(N2CCCCC2)nc2ccc(NC(=O)c3c(F)cccc3F)cc12. The van der Waals surface area contributed by atoms with Gasteiger partial charge >= 0.3 is 0 Å². The van der Waals surface area contributed by atoms with Gasteiger partial charge in [0.1, 0.15) is 23.0 Å². The number of nitrogens with one attached hydrogen (secondary N) is 1. The molecule has 0 atom stereocenters. The first-order valence-corrected chi connectivity index (χ1v) is 9.44. The maximum atomic E-state index is 13.8. The van der Waals surface area contributed by atoms with Gasteiger partial charge in [-0.2, -0.15) is 0 Å². The van der Waals surface area contributed by atoms with E-state index in [0.717, 1.165) is 47.5 Å². The Hall–Kier alpha value is -3.02. The average Bonchev–Trinajstić information content (AvgIpc) is 2.69. The van der Waals surface area contributed by atoms with Gasteiger partial charge in [0.05, 0.1) is 5.52 Å². The first-order chi connectivity index (χ1) is 13.5. The number of hydrogen-bond acceptors (Lipinski definition) is 3. The Morgan fingerprint density at radius 2 is 1.75 bits per heavy atom. The quantitative estimate of drug-likeness (QED) is 0.689. The van der Waals surface area contributed by atoms with Crippen LogP contribution in [0.25, 0.3) is 10.9 Å². The fraction of sp³-hybridized carbons (Fsp3) is 0.273. The van der Waals surface area contributed by atoms with Crippen molar-refractivity contribution in [2.75, 3.05) is 23.3 Å². The van der Waals surface area contributed by atoms with Crippen LogP contribution in [0.1, 0.15) is 35.2 Å². The second kappa shape index (κ2) is 7.54. The lowest BCUT2D eigenvalue weighted by atomic mass is 10.1. The predicted molar refractivity (Wildman–Crippen MR) is 107 cm³/mol. The molecule has 0 unspecified atom stereocenters. The van der Waals surface area contributed by atoms with Crippen LogP contribution in [0.15, 0.2) is 42.5 Å². The van der Waals surface area contributed by atoms with Crippen LogP contribution in [0.4, 0.5) is 20.3 Å². The molecule has 4 rings (SSSR count). The largest absolute Gasteiger partial charge is 0.357 e. The Kier molecular flexibility index (Phi) is 4.94. The summed E-state index contributed by atoms with van der Waals surface area (Å²) in [7, 11) is 0. The van der Waals surface area contributed by atoms with Gasteiger partial charge in [-0.15, -0.1) is 0 Å². The number of rotatable bonds is 3. The Morgan fingerprint density at radius 1 is 1.04 bits per heavy atom. The number of carbonyl (C=O) groups excluding carboxylic acids is 1. The topological polar surface area (TPSA) is 45.2 Å². The van der Waals surface area contributed by atoms with Crippen molar-refractivity contribution < 1.29 is 13.6 Å². The molecule has 1 amide bonds. The number of nitrogens with zero attached hydrogens (tertiary/aromatic N) is 2. The summed E-state index contributed by atoms with van der Waals surface area (Å²) < 4.78 is 27.7. The van der Waals surface area contributed by atoms with E-state index < -0.39 is 23.1 Å². The number of carbonyl (C=O) groups is 1. The van der Waals surface area contributed by atoms with Crippen molar-refractivity contribution in [2.24, 2.45) is 0 Å². The summed E-state index contributed by atoms with van der Waals surface area (Å²) in [6.07, 6.45) is 3.61. The highest BCUT2D eigenvalue weighted by atomic mass is 19.1. The molecule has 0 radical (unpaired) electrons. The molecular formula is C22H21F2N3O. The molecule has 1 fully saturated rings. The molecule has 1 aromatic heterocycles. The number of halogens is 2. The van der Waals surface area contributed by atoms with Gasteiger partial charge in [-0.3, -0.25) is 4.79 Å². The van der Waals surface area contributed by atoms with E-state index >= 15 is 0 Å². The Labute approximate surface area is 162 Å². The number of amides is 1. The van der Waals surface area contributed by atoms with Crippen LogP contribution in [-0.4, -0.2) is 24.0 Å². The van der Waals surface area contributed by atoms with Crippen molar-refractivity contribution >= 4 is 28.3 Å². The van der Waals surface area contributed by atoms with Crippen molar-refractivity contribution in [3.8, 4) is 0 Å². The third-order valence-corrected chi connectivity index (χ3v) is 5.13. The summed E-state index contributed by atoms with van der Waals surface area (Å²) >= 11 is 0. The summed E-state index contributed by atoms with van der Waals surface area (Å²) in [5.74, 6) is -1.62. The van der Waals surface area contributed by atoms with Gasteiger partial charge in [-0.25, -0.2) is 13.8 Å². The van der Waals surface area contributed by atoms with E-state index in [4.69, 9.17) is 4.98 Å². The first kappa shape index (κ1) is 18.3. The zero-order chi connectivity index (χ0) is 19.7. The molecule has 1 aliphatic rings. The van der Waals surface area contributed by atoms with Crippen LogP contribution in [0.2, 0.25) is 0 Å². The molecule has 4 nitrogen and oxygen atoms in total. The molecule has 1 aliphatic heterocycles. The predicted octanol–water partition coefficient (Wildman–Crippen LogP) is 5.06. The van der Waals surface area contributed by atoms with E-state index in [2.05, 4.69) is 16.3 Å². The molecule has 2 aromatic carbocycles. The molecule has 0 spiro atoms. The van der Waals surface area contributed by atoms with Crippen LogP contribution in [0, 0.1) is 18.6 Å². The normalized spacial score (nSPS) is 14.3. The summed E-state index contributed by atoms with van der Waals surface area (Å²) in [6.45, 7) is 4.03. The molecule has 0 aliphatic carbocycles. The van der Waals surface area contributed by atoms with Gasteiger partial charge in [0.2, 0.25) is 0 Å². The molecule has 2 heterocycles. The maximum Gasteiger partial charge on any atom is 0.261 e. The number of aryl methyl sites for hydroxylation is 1. The maximum absolute atomic E-state index is 13.8. The molecule has 3 aromatic rings. The third-order valence-electron chi connectivity index (χ3n) is 5.13. The highest BCUT2D eigenvalue weighted by molar-refractivity contribution is 6.05. The Morgan fingerprint density at radius 3 is 2.46 bits per heavy atom. The lowest BCUT2D eigenvalue weighted by Crippen LogP contribution is -2.30.